The summed E-state index contributed by atoms with van der Waals surface area (Å²) in [4.78, 5) is 57.0. The highest BCUT2D eigenvalue weighted by atomic mass is 16.6. The van der Waals surface area contributed by atoms with E-state index in [1.165, 1.54) is 0 Å². The van der Waals surface area contributed by atoms with Crippen molar-refractivity contribution in [3.05, 3.63) is 83.9 Å². The van der Waals surface area contributed by atoms with Gasteiger partial charge >= 0.3 is 6.09 Å². The molecule has 1 saturated carbocycles. The Morgan fingerprint density at radius 1 is 0.873 bits per heavy atom. The van der Waals surface area contributed by atoms with E-state index in [0.29, 0.717) is 49.6 Å². The second kappa shape index (κ2) is 17.7. The van der Waals surface area contributed by atoms with Gasteiger partial charge in [0.15, 0.2) is 5.82 Å². The van der Waals surface area contributed by atoms with Crippen molar-refractivity contribution in [3.8, 4) is 22.5 Å². The van der Waals surface area contributed by atoms with Gasteiger partial charge in [0.2, 0.25) is 11.8 Å². The number of nitrogens with zero attached hydrogens (tertiary/aromatic N) is 5. The molecule has 0 unspecified atom stereocenters. The average molecular weight is 750 g/mol. The lowest BCUT2D eigenvalue weighted by molar-refractivity contribution is -0.130. The Hall–Kier alpha value is -5.63. The second-order valence-electron chi connectivity index (χ2n) is 15.6. The molecule has 1 atom stereocenters. The van der Waals surface area contributed by atoms with E-state index in [2.05, 4.69) is 48.5 Å². The predicted octanol–water partition coefficient (Wildman–Crippen LogP) is 4.92. The molecule has 0 bridgehead atoms. The molecule has 290 valence electrons. The van der Waals surface area contributed by atoms with Gasteiger partial charge in [0, 0.05) is 61.9 Å². The van der Waals surface area contributed by atoms with E-state index in [-0.39, 0.29) is 36.0 Å². The Balaban J connectivity index is 1.11. The smallest absolute Gasteiger partial charge is 0.407 e. The molecule has 1 aliphatic heterocycles. The molecule has 1 saturated heterocycles. The van der Waals surface area contributed by atoms with Gasteiger partial charge in [0.1, 0.15) is 11.6 Å². The minimum absolute atomic E-state index is 0.0340. The number of H-pyrrole nitrogens is 1. The number of piperazine rings is 1. The van der Waals surface area contributed by atoms with Crippen molar-refractivity contribution in [2.45, 2.75) is 64.5 Å². The molecule has 2 fully saturated rings. The first-order valence-electron chi connectivity index (χ1n) is 19.0. The Labute approximate surface area is 321 Å². The number of benzene rings is 3. The monoisotopic (exact) mass is 749 g/mol. The van der Waals surface area contributed by atoms with E-state index in [0.717, 1.165) is 48.2 Å². The third-order valence-electron chi connectivity index (χ3n) is 10.2. The second-order valence-corrected chi connectivity index (χ2v) is 15.6. The Bertz CT molecular complexity index is 1910. The van der Waals surface area contributed by atoms with E-state index in [1.54, 1.807) is 24.3 Å². The summed E-state index contributed by atoms with van der Waals surface area (Å²) in [6.07, 6.45) is 2.71. The lowest BCUT2D eigenvalue weighted by Gasteiger charge is -2.32. The standard InChI is InChI=1S/C41H51N9O5/c1-41(2,3)55-40(54)42-26-28-10-14-31(15-11-28)37(51)44-35(38(52)43-34-18-16-30(17-19-34)36-45-47-48-46-36)24-27-8-12-29(13-9-27)32-6-5-7-33(25-32)39(53)50-22-20-49(4)21-23-50/h5-9,12-13,16-19,25,28,31,35H,10-11,14-15,20-24,26H2,1-4H3,(H,42,54)(H,43,52)(H,44,51)(H,45,46,47,48)/t28-,31-,35-/m0/s1. The molecule has 6 rings (SSSR count). The fourth-order valence-corrected chi connectivity index (χ4v) is 6.98. The van der Waals surface area contributed by atoms with Crippen LogP contribution in [-0.4, -0.2) is 106 Å². The van der Waals surface area contributed by atoms with Crippen molar-refractivity contribution >= 4 is 29.5 Å². The molecule has 0 spiro atoms. The van der Waals surface area contributed by atoms with Crippen LogP contribution in [0.1, 0.15) is 62.4 Å². The lowest BCUT2D eigenvalue weighted by atomic mass is 9.81. The van der Waals surface area contributed by atoms with Gasteiger partial charge in [-0.3, -0.25) is 14.4 Å². The van der Waals surface area contributed by atoms with Gasteiger partial charge < -0.3 is 30.5 Å². The number of likely N-dealkylation sites (N-methyl/N-ethyl adjacent to an activating group) is 1. The minimum atomic E-state index is -0.840. The van der Waals surface area contributed by atoms with Crippen molar-refractivity contribution in [2.75, 3.05) is 45.1 Å². The molecule has 4 N–H and O–H groups in total. The van der Waals surface area contributed by atoms with Gasteiger partial charge in [-0.15, -0.1) is 5.10 Å². The van der Waals surface area contributed by atoms with Gasteiger partial charge in [0.25, 0.3) is 5.91 Å². The van der Waals surface area contributed by atoms with E-state index < -0.39 is 17.7 Å². The minimum Gasteiger partial charge on any atom is -0.444 e. The van der Waals surface area contributed by atoms with Crippen LogP contribution in [0.4, 0.5) is 10.5 Å². The lowest BCUT2D eigenvalue weighted by Crippen LogP contribution is -2.48. The van der Waals surface area contributed by atoms with E-state index in [4.69, 9.17) is 4.74 Å². The molecule has 2 aliphatic rings. The zero-order valence-electron chi connectivity index (χ0n) is 32.0. The quantitative estimate of drug-likeness (QED) is 0.166. The number of ether oxygens (including phenoxy) is 1. The number of aromatic amines is 1. The summed E-state index contributed by atoms with van der Waals surface area (Å²) < 4.78 is 5.36. The third-order valence-corrected chi connectivity index (χ3v) is 10.2. The number of aromatic nitrogens is 4. The zero-order chi connectivity index (χ0) is 39.0. The fraction of sp³-hybridized carbons (Fsp3) is 0.439. The number of carbonyl (C=O) groups excluding carboxylic acids is 4. The molecule has 3 aromatic carbocycles. The molecule has 14 heteroatoms. The summed E-state index contributed by atoms with van der Waals surface area (Å²) in [7, 11) is 2.06. The number of carbonyl (C=O) groups is 4. The molecule has 1 aromatic heterocycles. The highest BCUT2D eigenvalue weighted by molar-refractivity contribution is 5.98. The number of hydrogen-bond acceptors (Lipinski definition) is 9. The van der Waals surface area contributed by atoms with Crippen LogP contribution in [0.15, 0.2) is 72.8 Å². The van der Waals surface area contributed by atoms with Crippen LogP contribution >= 0.6 is 0 Å². The van der Waals surface area contributed by atoms with Crippen molar-refractivity contribution in [2.24, 2.45) is 11.8 Å². The maximum atomic E-state index is 13.8. The number of amides is 4. The van der Waals surface area contributed by atoms with E-state index in [1.807, 2.05) is 74.2 Å². The Morgan fingerprint density at radius 3 is 2.22 bits per heavy atom. The first-order chi connectivity index (χ1) is 26.4. The topological polar surface area (TPSA) is 175 Å². The van der Waals surface area contributed by atoms with Crippen molar-refractivity contribution < 1.29 is 23.9 Å². The summed E-state index contributed by atoms with van der Waals surface area (Å²) in [5.74, 6) is 0.0469. The summed E-state index contributed by atoms with van der Waals surface area (Å²) >= 11 is 0. The average Bonchev–Trinajstić information content (AvgIpc) is 3.72. The van der Waals surface area contributed by atoms with Crippen LogP contribution < -0.4 is 16.0 Å². The maximum absolute atomic E-state index is 13.8. The number of tetrazole rings is 1. The van der Waals surface area contributed by atoms with Crippen LogP contribution in [0.2, 0.25) is 0 Å². The van der Waals surface area contributed by atoms with Crippen molar-refractivity contribution in [3.63, 3.8) is 0 Å². The van der Waals surface area contributed by atoms with Gasteiger partial charge in [-0.05, 0) is 123 Å². The fourth-order valence-electron chi connectivity index (χ4n) is 6.98. The normalized spacial score (nSPS) is 18.2. The maximum Gasteiger partial charge on any atom is 0.407 e. The molecular formula is C41H51N9O5. The van der Waals surface area contributed by atoms with Gasteiger partial charge in [0.05, 0.1) is 0 Å². The largest absolute Gasteiger partial charge is 0.444 e. The number of anilines is 1. The first kappa shape index (κ1) is 39.1. The molecule has 4 aromatic rings. The van der Waals surface area contributed by atoms with Crippen LogP contribution in [0, 0.1) is 11.8 Å². The number of nitrogens with one attached hydrogen (secondary N) is 4. The SMILES string of the molecule is CN1CCN(C(=O)c2cccc(-c3ccc(C[C@H](NC(=O)[C@H]4CC[C@H](CNC(=O)OC(C)(C)C)CC4)C(=O)Nc4ccc(-c5nnn[nH]5)cc4)cc3)c2)CC1. The molecule has 4 amide bonds. The molecule has 2 heterocycles. The summed E-state index contributed by atoms with van der Waals surface area (Å²) in [5, 5.41) is 22.8. The first-order valence-corrected chi connectivity index (χ1v) is 19.0. The number of alkyl carbamates (subject to hydrolysis) is 1. The van der Waals surface area contributed by atoms with Crippen molar-refractivity contribution in [1.82, 2.24) is 41.1 Å². The third kappa shape index (κ3) is 11.0. The van der Waals surface area contributed by atoms with Gasteiger partial charge in [-0.25, -0.2) is 9.89 Å². The highest BCUT2D eigenvalue weighted by Crippen LogP contribution is 2.29. The van der Waals surface area contributed by atoms with Crippen LogP contribution in [0.3, 0.4) is 0 Å². The van der Waals surface area contributed by atoms with Crippen LogP contribution in [0.25, 0.3) is 22.5 Å². The number of hydrogen-bond donors (Lipinski definition) is 4. The predicted molar refractivity (Wildman–Crippen MR) is 209 cm³/mol. The van der Waals surface area contributed by atoms with Crippen LogP contribution in [0.5, 0.6) is 0 Å². The van der Waals surface area contributed by atoms with E-state index >= 15 is 0 Å². The Morgan fingerprint density at radius 2 is 1.56 bits per heavy atom. The van der Waals surface area contributed by atoms with Gasteiger partial charge in [-0.2, -0.15) is 0 Å². The van der Waals surface area contributed by atoms with E-state index in [9.17, 15) is 19.2 Å². The van der Waals surface area contributed by atoms with Crippen molar-refractivity contribution in [1.29, 1.82) is 0 Å². The summed E-state index contributed by atoms with van der Waals surface area (Å²) in [5.41, 5.74) is 4.17. The molecular weight excluding hydrogens is 699 g/mol. The van der Waals surface area contributed by atoms with Crippen LogP contribution in [-0.2, 0) is 20.7 Å². The molecule has 14 nitrogen and oxygen atoms in total. The molecule has 55 heavy (non-hydrogen) atoms. The molecule has 1 aliphatic carbocycles. The van der Waals surface area contributed by atoms with Gasteiger partial charge in [-0.1, -0.05) is 36.4 Å². The number of rotatable bonds is 11. The summed E-state index contributed by atoms with van der Waals surface area (Å²) in [6, 6.07) is 21.8. The Kier molecular flexibility index (Phi) is 12.6. The zero-order valence-corrected chi connectivity index (χ0v) is 32.0. The highest BCUT2D eigenvalue weighted by Gasteiger charge is 2.30. The molecule has 0 radical (unpaired) electrons. The summed E-state index contributed by atoms with van der Waals surface area (Å²) in [6.45, 7) is 9.10.